The lowest BCUT2D eigenvalue weighted by Crippen LogP contribution is -2.46. The Morgan fingerprint density at radius 3 is 1.97 bits per heavy atom. The molecule has 2 aliphatic rings. The molecule has 1 saturated heterocycles. The van der Waals surface area contributed by atoms with Crippen LogP contribution in [0.1, 0.15) is 56.8 Å². The van der Waals surface area contributed by atoms with E-state index in [0.717, 1.165) is 25.7 Å². The van der Waals surface area contributed by atoms with Gasteiger partial charge in [0.1, 0.15) is 0 Å². The van der Waals surface area contributed by atoms with Gasteiger partial charge in [0.2, 0.25) is 11.7 Å². The van der Waals surface area contributed by atoms with Crippen LogP contribution in [0.3, 0.4) is 0 Å². The largest absolute Gasteiger partial charge is 0.490 e. The number of carbonyl (C=O) groups is 2. The zero-order valence-corrected chi connectivity index (χ0v) is 17.7. The molecule has 29 heavy (non-hydrogen) atoms. The quantitative estimate of drug-likeness (QED) is 0.685. The van der Waals surface area contributed by atoms with Gasteiger partial charge in [-0.05, 0) is 58.6 Å². The Hall–Kier alpha value is -2.44. The van der Waals surface area contributed by atoms with E-state index < -0.39 is 0 Å². The number of hydrogen-bond acceptors (Lipinski definition) is 5. The minimum atomic E-state index is -0.0538. The van der Waals surface area contributed by atoms with Gasteiger partial charge in [-0.3, -0.25) is 9.59 Å². The summed E-state index contributed by atoms with van der Waals surface area (Å²) in [5.74, 6) is 1.91. The van der Waals surface area contributed by atoms with Crippen LogP contribution < -0.4 is 19.5 Å². The number of hydrogen-bond donors (Lipinski definition) is 1. The molecule has 0 atom stereocenters. The number of ether oxygens (including phenoxy) is 3. The molecule has 1 aromatic carbocycles. The van der Waals surface area contributed by atoms with Crippen molar-refractivity contribution in [3.63, 3.8) is 0 Å². The fraction of sp³-hybridized carbons (Fsp3) is 0.636. The van der Waals surface area contributed by atoms with Crippen LogP contribution in [0.25, 0.3) is 0 Å². The van der Waals surface area contributed by atoms with Gasteiger partial charge in [-0.25, -0.2) is 0 Å². The molecular weight excluding hydrogens is 372 g/mol. The maximum atomic E-state index is 13.1. The van der Waals surface area contributed by atoms with Crippen LogP contribution in [-0.4, -0.2) is 55.7 Å². The minimum Gasteiger partial charge on any atom is -0.490 e. The Kier molecular flexibility index (Phi) is 7.23. The molecule has 0 radical (unpaired) electrons. The highest BCUT2D eigenvalue weighted by atomic mass is 16.5. The van der Waals surface area contributed by atoms with Gasteiger partial charge in [0.05, 0.1) is 19.8 Å². The van der Waals surface area contributed by atoms with Crippen molar-refractivity contribution < 1.29 is 23.8 Å². The molecule has 1 aliphatic carbocycles. The first-order valence-corrected chi connectivity index (χ1v) is 10.7. The summed E-state index contributed by atoms with van der Waals surface area (Å²) >= 11 is 0. The molecule has 0 spiro atoms. The number of nitrogens with one attached hydrogen (secondary N) is 1. The van der Waals surface area contributed by atoms with E-state index >= 15 is 0 Å². The standard InChI is InChI=1S/C22H32N2O5/c1-4-27-18-13-16(14-19(28-5-2)20(18)29-6-3)22(26)24-11-9-17(10-12-24)23-21(25)15-7-8-15/h13-15,17H,4-12H2,1-3H3,(H,23,25). The van der Waals surface area contributed by atoms with Crippen molar-refractivity contribution in [2.75, 3.05) is 32.9 Å². The van der Waals surface area contributed by atoms with Gasteiger partial charge in [0.25, 0.3) is 5.91 Å². The topological polar surface area (TPSA) is 77.1 Å². The van der Waals surface area contributed by atoms with E-state index in [1.807, 2.05) is 25.7 Å². The smallest absolute Gasteiger partial charge is 0.254 e. The molecule has 0 bridgehead atoms. The van der Waals surface area contributed by atoms with Crippen LogP contribution in [-0.2, 0) is 4.79 Å². The highest BCUT2D eigenvalue weighted by Gasteiger charge is 2.32. The molecule has 1 aliphatic heterocycles. The van der Waals surface area contributed by atoms with Crippen molar-refractivity contribution in [1.82, 2.24) is 10.2 Å². The number of likely N-dealkylation sites (tertiary alicyclic amines) is 1. The van der Waals surface area contributed by atoms with E-state index in [0.29, 0.717) is 55.7 Å². The molecule has 160 valence electrons. The highest BCUT2D eigenvalue weighted by Crippen LogP contribution is 2.39. The van der Waals surface area contributed by atoms with E-state index in [2.05, 4.69) is 5.32 Å². The third-order valence-corrected chi connectivity index (χ3v) is 5.23. The maximum absolute atomic E-state index is 13.1. The molecular formula is C22H32N2O5. The van der Waals surface area contributed by atoms with Gasteiger partial charge in [-0.1, -0.05) is 0 Å². The summed E-state index contributed by atoms with van der Waals surface area (Å²) in [5.41, 5.74) is 0.529. The van der Waals surface area contributed by atoms with Gasteiger partial charge in [0, 0.05) is 30.6 Å². The zero-order chi connectivity index (χ0) is 20.8. The molecule has 3 rings (SSSR count). The van der Waals surface area contributed by atoms with Crippen LogP contribution in [0.2, 0.25) is 0 Å². The number of benzene rings is 1. The van der Waals surface area contributed by atoms with Gasteiger partial charge >= 0.3 is 0 Å². The first kappa shape index (κ1) is 21.3. The normalized spacial score (nSPS) is 17.0. The summed E-state index contributed by atoms with van der Waals surface area (Å²) in [4.78, 5) is 26.9. The molecule has 1 N–H and O–H groups in total. The van der Waals surface area contributed by atoms with Gasteiger partial charge in [-0.15, -0.1) is 0 Å². The molecule has 0 aromatic heterocycles. The maximum Gasteiger partial charge on any atom is 0.254 e. The predicted molar refractivity (Wildman–Crippen MR) is 110 cm³/mol. The van der Waals surface area contributed by atoms with Crippen LogP contribution in [0.15, 0.2) is 12.1 Å². The van der Waals surface area contributed by atoms with Crippen LogP contribution >= 0.6 is 0 Å². The molecule has 1 aromatic rings. The monoisotopic (exact) mass is 404 g/mol. The lowest BCUT2D eigenvalue weighted by atomic mass is 10.0. The number of nitrogens with zero attached hydrogens (tertiary/aromatic N) is 1. The second-order valence-electron chi connectivity index (χ2n) is 7.45. The Labute approximate surface area is 172 Å². The lowest BCUT2D eigenvalue weighted by Gasteiger charge is -2.32. The first-order chi connectivity index (χ1) is 14.1. The van der Waals surface area contributed by atoms with Gasteiger partial charge in [0.15, 0.2) is 11.5 Å². The van der Waals surface area contributed by atoms with Crippen molar-refractivity contribution in [3.05, 3.63) is 17.7 Å². The minimum absolute atomic E-state index is 0.0538. The molecule has 7 nitrogen and oxygen atoms in total. The van der Waals surface area contributed by atoms with Crippen LogP contribution in [0.4, 0.5) is 0 Å². The Balaban J connectivity index is 1.70. The second-order valence-corrected chi connectivity index (χ2v) is 7.45. The van der Waals surface area contributed by atoms with Crippen LogP contribution in [0, 0.1) is 5.92 Å². The molecule has 1 saturated carbocycles. The van der Waals surface area contributed by atoms with Crippen molar-refractivity contribution in [3.8, 4) is 17.2 Å². The van der Waals surface area contributed by atoms with Crippen LogP contribution in [0.5, 0.6) is 17.2 Å². The average Bonchev–Trinajstić information content (AvgIpc) is 3.56. The van der Waals surface area contributed by atoms with Gasteiger partial charge in [-0.2, -0.15) is 0 Å². The molecule has 2 fully saturated rings. The fourth-order valence-electron chi connectivity index (χ4n) is 3.59. The summed E-state index contributed by atoms with van der Waals surface area (Å²) in [5, 5.41) is 3.12. The number of rotatable bonds is 9. The van der Waals surface area contributed by atoms with E-state index in [4.69, 9.17) is 14.2 Å². The third kappa shape index (κ3) is 5.34. The molecule has 0 unspecified atom stereocenters. The van der Waals surface area contributed by atoms with E-state index in [-0.39, 0.29) is 23.8 Å². The SMILES string of the molecule is CCOc1cc(C(=O)N2CCC(NC(=O)C3CC3)CC2)cc(OCC)c1OCC. The van der Waals surface area contributed by atoms with Crippen molar-refractivity contribution in [1.29, 1.82) is 0 Å². The summed E-state index contributed by atoms with van der Waals surface area (Å²) < 4.78 is 17.2. The van der Waals surface area contributed by atoms with Gasteiger partial charge < -0.3 is 24.4 Å². The number of carbonyl (C=O) groups excluding carboxylic acids is 2. The van der Waals surface area contributed by atoms with E-state index in [1.165, 1.54) is 0 Å². The Morgan fingerprint density at radius 2 is 1.48 bits per heavy atom. The Bertz CT molecular complexity index is 697. The third-order valence-electron chi connectivity index (χ3n) is 5.23. The second kappa shape index (κ2) is 9.85. The first-order valence-electron chi connectivity index (χ1n) is 10.7. The molecule has 7 heteroatoms. The van der Waals surface area contributed by atoms with E-state index in [9.17, 15) is 9.59 Å². The van der Waals surface area contributed by atoms with E-state index in [1.54, 1.807) is 12.1 Å². The fourth-order valence-corrected chi connectivity index (χ4v) is 3.59. The van der Waals surface area contributed by atoms with Crippen molar-refractivity contribution in [2.24, 2.45) is 5.92 Å². The molecule has 1 heterocycles. The highest BCUT2D eigenvalue weighted by molar-refractivity contribution is 5.95. The average molecular weight is 405 g/mol. The van der Waals surface area contributed by atoms with Crippen molar-refractivity contribution in [2.45, 2.75) is 52.5 Å². The summed E-state index contributed by atoms with van der Waals surface area (Å²) in [7, 11) is 0. The molecule has 2 amide bonds. The zero-order valence-electron chi connectivity index (χ0n) is 17.7. The van der Waals surface area contributed by atoms with Crippen molar-refractivity contribution >= 4 is 11.8 Å². The predicted octanol–water partition coefficient (Wildman–Crippen LogP) is 3.01. The summed E-state index contributed by atoms with van der Waals surface area (Å²) in [6.07, 6.45) is 3.56. The summed E-state index contributed by atoms with van der Waals surface area (Å²) in [6.45, 7) is 8.34. The number of piperidine rings is 1. The number of amides is 2. The lowest BCUT2D eigenvalue weighted by molar-refractivity contribution is -0.123. The summed E-state index contributed by atoms with van der Waals surface area (Å²) in [6, 6.07) is 3.63. The Morgan fingerprint density at radius 1 is 0.931 bits per heavy atom.